The molecular formula is C32H36FNO4. The SMILES string of the molecule is CC(C)COC(=O)C[C@H]1C[C@@H](/C=C/c2c(C3CC3)nc3ccccc3c2-c2ccc(F)cc2)OC(C)(C)O1. The number of aromatic nitrogens is 1. The molecule has 1 saturated carbocycles. The van der Waals surface area contributed by atoms with Gasteiger partial charge in [0.1, 0.15) is 5.82 Å². The van der Waals surface area contributed by atoms with Crippen LogP contribution in [0.1, 0.15) is 70.6 Å². The maximum Gasteiger partial charge on any atom is 0.308 e. The van der Waals surface area contributed by atoms with Crippen molar-refractivity contribution in [3.63, 3.8) is 0 Å². The normalized spacial score (nSPS) is 21.3. The Morgan fingerprint density at radius 1 is 1.13 bits per heavy atom. The van der Waals surface area contributed by atoms with Crippen LogP contribution in [-0.4, -0.2) is 35.6 Å². The summed E-state index contributed by atoms with van der Waals surface area (Å²) in [5, 5.41) is 1.03. The second-order valence-corrected chi connectivity index (χ2v) is 11.3. The van der Waals surface area contributed by atoms with E-state index in [9.17, 15) is 9.18 Å². The van der Waals surface area contributed by atoms with E-state index < -0.39 is 5.79 Å². The molecule has 0 radical (unpaired) electrons. The van der Waals surface area contributed by atoms with E-state index in [4.69, 9.17) is 19.2 Å². The third-order valence-electron chi connectivity index (χ3n) is 6.89. The lowest BCUT2D eigenvalue weighted by molar-refractivity contribution is -0.290. The lowest BCUT2D eigenvalue weighted by Crippen LogP contribution is -2.44. The van der Waals surface area contributed by atoms with Gasteiger partial charge in [-0.15, -0.1) is 0 Å². The van der Waals surface area contributed by atoms with Crippen molar-refractivity contribution in [2.45, 2.75) is 77.3 Å². The number of hydrogen-bond donors (Lipinski definition) is 0. The zero-order valence-electron chi connectivity index (χ0n) is 22.6. The van der Waals surface area contributed by atoms with Gasteiger partial charge in [0.25, 0.3) is 0 Å². The number of ether oxygens (including phenoxy) is 3. The summed E-state index contributed by atoms with van der Waals surface area (Å²) in [4.78, 5) is 17.5. The average Bonchev–Trinajstić information content (AvgIpc) is 3.71. The van der Waals surface area contributed by atoms with E-state index in [0.717, 1.165) is 46.1 Å². The molecule has 2 atom stereocenters. The van der Waals surface area contributed by atoms with Crippen LogP contribution in [0.2, 0.25) is 0 Å². The zero-order chi connectivity index (χ0) is 26.9. The number of carbonyl (C=O) groups excluding carboxylic acids is 1. The Labute approximate surface area is 224 Å². The molecule has 3 aromatic rings. The van der Waals surface area contributed by atoms with Gasteiger partial charge >= 0.3 is 5.97 Å². The van der Waals surface area contributed by atoms with Gasteiger partial charge < -0.3 is 14.2 Å². The lowest BCUT2D eigenvalue weighted by atomic mass is 9.92. The van der Waals surface area contributed by atoms with Crippen molar-refractivity contribution in [3.8, 4) is 11.1 Å². The van der Waals surface area contributed by atoms with Crippen LogP contribution in [0, 0.1) is 11.7 Å². The number of carbonyl (C=O) groups is 1. The molecule has 2 aromatic carbocycles. The van der Waals surface area contributed by atoms with Crippen molar-refractivity contribution in [1.82, 2.24) is 4.98 Å². The summed E-state index contributed by atoms with van der Waals surface area (Å²) in [6, 6.07) is 14.8. The van der Waals surface area contributed by atoms with Crippen molar-refractivity contribution in [3.05, 3.63) is 71.7 Å². The third-order valence-corrected chi connectivity index (χ3v) is 6.89. The first kappa shape index (κ1) is 26.5. The highest BCUT2D eigenvalue weighted by molar-refractivity contribution is 5.99. The molecule has 5 nitrogen and oxygen atoms in total. The molecule has 0 N–H and O–H groups in total. The highest BCUT2D eigenvalue weighted by Gasteiger charge is 2.36. The number of nitrogens with zero attached hydrogens (tertiary/aromatic N) is 1. The van der Waals surface area contributed by atoms with Gasteiger partial charge in [0.15, 0.2) is 5.79 Å². The van der Waals surface area contributed by atoms with Crippen LogP contribution in [0.15, 0.2) is 54.6 Å². The molecule has 2 aliphatic rings. The van der Waals surface area contributed by atoms with Crippen molar-refractivity contribution >= 4 is 22.9 Å². The second kappa shape index (κ2) is 11.0. The van der Waals surface area contributed by atoms with E-state index in [2.05, 4.69) is 18.2 Å². The van der Waals surface area contributed by atoms with E-state index >= 15 is 0 Å². The van der Waals surface area contributed by atoms with Crippen LogP contribution >= 0.6 is 0 Å². The van der Waals surface area contributed by atoms with Gasteiger partial charge in [-0.2, -0.15) is 0 Å². The Kier molecular flexibility index (Phi) is 7.64. The monoisotopic (exact) mass is 517 g/mol. The Hall–Kier alpha value is -3.09. The minimum atomic E-state index is -0.836. The van der Waals surface area contributed by atoms with E-state index in [1.165, 1.54) is 12.1 Å². The minimum absolute atomic E-state index is 0.190. The van der Waals surface area contributed by atoms with Crippen molar-refractivity contribution in [2.24, 2.45) is 5.92 Å². The van der Waals surface area contributed by atoms with E-state index in [0.29, 0.717) is 18.9 Å². The summed E-state index contributed by atoms with van der Waals surface area (Å²) in [5.74, 6) is -0.654. The zero-order valence-corrected chi connectivity index (χ0v) is 22.6. The number of hydrogen-bond acceptors (Lipinski definition) is 5. The molecule has 1 aliphatic heterocycles. The fraction of sp³-hybridized carbons (Fsp3) is 0.438. The fourth-order valence-corrected chi connectivity index (χ4v) is 5.11. The molecule has 38 heavy (non-hydrogen) atoms. The summed E-state index contributed by atoms with van der Waals surface area (Å²) in [7, 11) is 0. The van der Waals surface area contributed by atoms with Crippen LogP contribution < -0.4 is 0 Å². The first-order chi connectivity index (χ1) is 18.2. The Morgan fingerprint density at radius 2 is 1.87 bits per heavy atom. The standard InChI is InChI=1S/C32H36FNO4/c1-20(2)19-36-29(35)18-25-17-24(37-32(3,4)38-25)15-16-27-30(21-11-13-23(33)14-12-21)26-7-5-6-8-28(26)34-31(27)22-9-10-22/h5-8,11-16,20,22,24-25H,9-10,17-19H2,1-4H3/b16-15+/t24-,25-/m1/s1. The lowest BCUT2D eigenvalue weighted by Gasteiger charge is -2.39. The quantitative estimate of drug-likeness (QED) is 0.291. The van der Waals surface area contributed by atoms with Gasteiger partial charge in [0.05, 0.1) is 36.4 Å². The van der Waals surface area contributed by atoms with E-state index in [-0.39, 0.29) is 36.3 Å². The van der Waals surface area contributed by atoms with Gasteiger partial charge in [0, 0.05) is 28.9 Å². The topological polar surface area (TPSA) is 57.7 Å². The predicted molar refractivity (Wildman–Crippen MR) is 147 cm³/mol. The van der Waals surface area contributed by atoms with Crippen LogP contribution in [0.4, 0.5) is 4.39 Å². The molecule has 1 saturated heterocycles. The highest BCUT2D eigenvalue weighted by atomic mass is 19.1. The van der Waals surface area contributed by atoms with E-state index in [1.807, 2.05) is 58.0 Å². The summed E-state index contributed by atoms with van der Waals surface area (Å²) >= 11 is 0. The maximum atomic E-state index is 13.8. The molecule has 2 heterocycles. The van der Waals surface area contributed by atoms with Crippen LogP contribution in [0.5, 0.6) is 0 Å². The number of halogens is 1. The number of esters is 1. The molecule has 2 fully saturated rings. The van der Waals surface area contributed by atoms with E-state index in [1.54, 1.807) is 0 Å². The molecule has 5 rings (SSSR count). The second-order valence-electron chi connectivity index (χ2n) is 11.3. The summed E-state index contributed by atoms with van der Waals surface area (Å²) in [6.45, 7) is 8.17. The molecule has 200 valence electrons. The van der Waals surface area contributed by atoms with Gasteiger partial charge in [0.2, 0.25) is 0 Å². The number of benzene rings is 2. The van der Waals surface area contributed by atoms with Crippen LogP contribution in [0.3, 0.4) is 0 Å². The number of rotatable bonds is 8. The first-order valence-corrected chi connectivity index (χ1v) is 13.6. The third kappa shape index (κ3) is 6.30. The smallest absolute Gasteiger partial charge is 0.308 e. The number of para-hydroxylation sites is 1. The van der Waals surface area contributed by atoms with Gasteiger partial charge in [-0.1, -0.05) is 56.3 Å². The Balaban J connectivity index is 1.49. The molecule has 0 amide bonds. The first-order valence-electron chi connectivity index (χ1n) is 13.6. The average molecular weight is 518 g/mol. The molecule has 1 aromatic heterocycles. The summed E-state index contributed by atoms with van der Waals surface area (Å²) < 4.78 is 31.5. The summed E-state index contributed by atoms with van der Waals surface area (Å²) in [5.41, 5.74) is 5.05. The maximum absolute atomic E-state index is 13.8. The van der Waals surface area contributed by atoms with Gasteiger partial charge in [-0.05, 0) is 56.4 Å². The molecule has 0 bridgehead atoms. The highest BCUT2D eigenvalue weighted by Crippen LogP contribution is 2.45. The fourth-order valence-electron chi connectivity index (χ4n) is 5.11. The van der Waals surface area contributed by atoms with Crippen LogP contribution in [0.25, 0.3) is 28.1 Å². The van der Waals surface area contributed by atoms with Crippen molar-refractivity contribution in [1.29, 1.82) is 0 Å². The number of fused-ring (bicyclic) bond motifs is 1. The van der Waals surface area contributed by atoms with Crippen LogP contribution in [-0.2, 0) is 19.0 Å². The summed E-state index contributed by atoms with van der Waals surface area (Å²) in [6.07, 6.45) is 6.56. The van der Waals surface area contributed by atoms with Crippen molar-refractivity contribution < 1.29 is 23.4 Å². The molecule has 0 unspecified atom stereocenters. The Morgan fingerprint density at radius 3 is 2.58 bits per heavy atom. The molecule has 6 heteroatoms. The molecule has 0 spiro atoms. The number of pyridine rings is 1. The van der Waals surface area contributed by atoms with Crippen molar-refractivity contribution in [2.75, 3.05) is 6.61 Å². The Bertz CT molecular complexity index is 1330. The minimum Gasteiger partial charge on any atom is -0.465 e. The molecule has 1 aliphatic carbocycles. The predicted octanol–water partition coefficient (Wildman–Crippen LogP) is 7.43. The van der Waals surface area contributed by atoms with Gasteiger partial charge in [-0.3, -0.25) is 9.78 Å². The van der Waals surface area contributed by atoms with Gasteiger partial charge in [-0.25, -0.2) is 4.39 Å². The largest absolute Gasteiger partial charge is 0.465 e. The molecular weight excluding hydrogens is 481 g/mol.